The van der Waals surface area contributed by atoms with Gasteiger partial charge in [-0.05, 0) is 18.4 Å². The molecule has 0 N–H and O–H groups in total. The van der Waals surface area contributed by atoms with E-state index in [0.717, 1.165) is 17.6 Å². The summed E-state index contributed by atoms with van der Waals surface area (Å²) in [6.45, 7) is 4.41. The van der Waals surface area contributed by atoms with Gasteiger partial charge in [-0.15, -0.1) is 0 Å². The zero-order valence-electron chi connectivity index (χ0n) is 8.57. The van der Waals surface area contributed by atoms with E-state index < -0.39 is 0 Å². The Balaban J connectivity index is 2.53. The first-order valence-electron chi connectivity index (χ1n) is 4.96. The molecule has 1 aromatic carbocycles. The molecule has 0 fully saturated rings. The number of para-hydroxylation sites is 1. The van der Waals surface area contributed by atoms with Gasteiger partial charge in [-0.25, -0.2) is 9.97 Å². The van der Waals surface area contributed by atoms with Gasteiger partial charge < -0.3 is 0 Å². The lowest BCUT2D eigenvalue weighted by Gasteiger charge is -2.06. The molecule has 0 radical (unpaired) electrons. The molecule has 0 aliphatic rings. The topological polar surface area (TPSA) is 25.8 Å². The van der Waals surface area contributed by atoms with E-state index in [1.54, 1.807) is 6.33 Å². The molecule has 72 valence electrons. The van der Waals surface area contributed by atoms with Crippen LogP contribution in [0.1, 0.15) is 19.5 Å². The molecule has 0 amide bonds. The highest BCUT2D eigenvalue weighted by Gasteiger charge is 2.04. The van der Waals surface area contributed by atoms with E-state index in [1.165, 1.54) is 5.39 Å². The summed E-state index contributed by atoms with van der Waals surface area (Å²) in [4.78, 5) is 8.57. The van der Waals surface area contributed by atoms with E-state index in [2.05, 4.69) is 29.9 Å². The maximum atomic E-state index is 4.34. The van der Waals surface area contributed by atoms with Crippen molar-refractivity contribution < 1.29 is 0 Å². The Hall–Kier alpha value is -1.44. The minimum atomic E-state index is 0.633. The Morgan fingerprint density at radius 3 is 2.71 bits per heavy atom. The van der Waals surface area contributed by atoms with Crippen LogP contribution in [0.15, 0.2) is 30.6 Å². The first-order valence-corrected chi connectivity index (χ1v) is 4.96. The number of nitrogens with zero attached hydrogens (tertiary/aromatic N) is 2. The van der Waals surface area contributed by atoms with Crippen molar-refractivity contribution in [1.82, 2.24) is 9.97 Å². The molecule has 1 aromatic heterocycles. The molecule has 2 heteroatoms. The Bertz CT molecular complexity index is 430. The van der Waals surface area contributed by atoms with Gasteiger partial charge in [0, 0.05) is 5.39 Å². The summed E-state index contributed by atoms with van der Waals surface area (Å²) < 4.78 is 0. The van der Waals surface area contributed by atoms with Crippen molar-refractivity contribution in [2.24, 2.45) is 5.92 Å². The lowest BCUT2D eigenvalue weighted by molar-refractivity contribution is 0.638. The van der Waals surface area contributed by atoms with Gasteiger partial charge in [-0.2, -0.15) is 0 Å². The van der Waals surface area contributed by atoms with Crippen LogP contribution < -0.4 is 0 Å². The van der Waals surface area contributed by atoms with Crippen molar-refractivity contribution in [3.05, 3.63) is 36.3 Å². The summed E-state index contributed by atoms with van der Waals surface area (Å²) in [5.74, 6) is 0.633. The van der Waals surface area contributed by atoms with Crippen molar-refractivity contribution >= 4 is 10.9 Å². The normalized spacial score (nSPS) is 11.1. The van der Waals surface area contributed by atoms with Gasteiger partial charge >= 0.3 is 0 Å². The quantitative estimate of drug-likeness (QED) is 0.720. The highest BCUT2D eigenvalue weighted by Crippen LogP contribution is 2.16. The van der Waals surface area contributed by atoms with Crippen molar-refractivity contribution in [1.29, 1.82) is 0 Å². The minimum Gasteiger partial charge on any atom is -0.241 e. The van der Waals surface area contributed by atoms with Gasteiger partial charge in [0.15, 0.2) is 0 Å². The van der Waals surface area contributed by atoms with Gasteiger partial charge in [-0.3, -0.25) is 0 Å². The molecule has 0 spiro atoms. The fraction of sp³-hybridized carbons (Fsp3) is 0.333. The standard InChI is InChI=1S/C12H14N2/c1-9(2)7-12-10-5-3-4-6-11(10)13-8-14-12/h3-6,8-9H,7H2,1-2H3. The van der Waals surface area contributed by atoms with Crippen LogP contribution in [0.3, 0.4) is 0 Å². The van der Waals surface area contributed by atoms with E-state index in [9.17, 15) is 0 Å². The highest BCUT2D eigenvalue weighted by atomic mass is 14.8. The van der Waals surface area contributed by atoms with Gasteiger partial charge in [-0.1, -0.05) is 32.0 Å². The molecule has 2 aromatic rings. The third-order valence-corrected chi connectivity index (χ3v) is 2.23. The molecule has 1 heterocycles. The second-order valence-electron chi connectivity index (χ2n) is 3.94. The number of hydrogen-bond donors (Lipinski definition) is 0. The first kappa shape index (κ1) is 9.13. The average Bonchev–Trinajstić information content (AvgIpc) is 2.18. The van der Waals surface area contributed by atoms with Crippen LogP contribution in [-0.2, 0) is 6.42 Å². The summed E-state index contributed by atoms with van der Waals surface area (Å²) in [6.07, 6.45) is 2.67. The van der Waals surface area contributed by atoms with Gasteiger partial charge in [0.25, 0.3) is 0 Å². The summed E-state index contributed by atoms with van der Waals surface area (Å²) in [7, 11) is 0. The number of benzene rings is 1. The molecule has 0 atom stereocenters. The van der Waals surface area contributed by atoms with Gasteiger partial charge in [0.1, 0.15) is 6.33 Å². The van der Waals surface area contributed by atoms with E-state index in [4.69, 9.17) is 0 Å². The zero-order chi connectivity index (χ0) is 9.97. The second-order valence-corrected chi connectivity index (χ2v) is 3.94. The number of hydrogen-bond acceptors (Lipinski definition) is 2. The molecule has 0 saturated carbocycles. The minimum absolute atomic E-state index is 0.633. The average molecular weight is 186 g/mol. The van der Waals surface area contributed by atoms with E-state index in [-0.39, 0.29) is 0 Å². The molecule has 2 rings (SSSR count). The first-order chi connectivity index (χ1) is 6.77. The number of fused-ring (bicyclic) bond motifs is 1. The Morgan fingerprint density at radius 2 is 1.93 bits per heavy atom. The lowest BCUT2D eigenvalue weighted by Crippen LogP contribution is -1.98. The van der Waals surface area contributed by atoms with E-state index in [0.29, 0.717) is 5.92 Å². The smallest absolute Gasteiger partial charge is 0.116 e. The Kier molecular flexibility index (Phi) is 2.44. The summed E-state index contributed by atoms with van der Waals surface area (Å²) in [5, 5.41) is 1.18. The third-order valence-electron chi connectivity index (χ3n) is 2.23. The summed E-state index contributed by atoms with van der Waals surface area (Å²) in [6, 6.07) is 8.16. The van der Waals surface area contributed by atoms with Crippen LogP contribution in [0.2, 0.25) is 0 Å². The molecule has 14 heavy (non-hydrogen) atoms. The van der Waals surface area contributed by atoms with Crippen LogP contribution in [0.5, 0.6) is 0 Å². The van der Waals surface area contributed by atoms with Crippen LogP contribution in [-0.4, -0.2) is 9.97 Å². The molecule has 0 aliphatic carbocycles. The fourth-order valence-corrected chi connectivity index (χ4v) is 1.61. The monoisotopic (exact) mass is 186 g/mol. The molecule has 0 saturated heterocycles. The lowest BCUT2D eigenvalue weighted by atomic mass is 10.0. The maximum Gasteiger partial charge on any atom is 0.116 e. The van der Waals surface area contributed by atoms with E-state index in [1.807, 2.05) is 18.2 Å². The molecule has 0 aliphatic heterocycles. The Labute approximate surface area is 84.0 Å². The second kappa shape index (κ2) is 3.74. The predicted molar refractivity (Wildman–Crippen MR) is 58.1 cm³/mol. The van der Waals surface area contributed by atoms with E-state index >= 15 is 0 Å². The van der Waals surface area contributed by atoms with Crippen molar-refractivity contribution in [2.45, 2.75) is 20.3 Å². The zero-order valence-corrected chi connectivity index (χ0v) is 8.57. The van der Waals surface area contributed by atoms with Crippen LogP contribution in [0.4, 0.5) is 0 Å². The number of rotatable bonds is 2. The third kappa shape index (κ3) is 1.74. The maximum absolute atomic E-state index is 4.34. The van der Waals surface area contributed by atoms with Crippen LogP contribution >= 0.6 is 0 Å². The van der Waals surface area contributed by atoms with Gasteiger partial charge in [0.05, 0.1) is 11.2 Å². The Morgan fingerprint density at radius 1 is 1.14 bits per heavy atom. The van der Waals surface area contributed by atoms with Crippen molar-refractivity contribution in [2.75, 3.05) is 0 Å². The molecule has 0 unspecified atom stereocenters. The largest absolute Gasteiger partial charge is 0.241 e. The fourth-order valence-electron chi connectivity index (χ4n) is 1.61. The number of aromatic nitrogens is 2. The predicted octanol–water partition coefficient (Wildman–Crippen LogP) is 2.83. The molecule has 0 bridgehead atoms. The van der Waals surface area contributed by atoms with Crippen molar-refractivity contribution in [3.8, 4) is 0 Å². The molecule has 2 nitrogen and oxygen atoms in total. The summed E-state index contributed by atoms with van der Waals surface area (Å²) >= 11 is 0. The molecular formula is C12H14N2. The van der Waals surface area contributed by atoms with Crippen molar-refractivity contribution in [3.63, 3.8) is 0 Å². The highest BCUT2D eigenvalue weighted by molar-refractivity contribution is 5.80. The SMILES string of the molecule is CC(C)Cc1ncnc2ccccc12. The summed E-state index contributed by atoms with van der Waals surface area (Å²) in [5.41, 5.74) is 2.20. The van der Waals surface area contributed by atoms with Crippen LogP contribution in [0.25, 0.3) is 10.9 Å². The van der Waals surface area contributed by atoms with Gasteiger partial charge in [0.2, 0.25) is 0 Å². The van der Waals surface area contributed by atoms with Crippen LogP contribution in [0, 0.1) is 5.92 Å². The molecular weight excluding hydrogens is 172 g/mol.